The minimum atomic E-state index is -4.47. The number of aryl methyl sites for hydroxylation is 1. The number of halogens is 4. The summed E-state index contributed by atoms with van der Waals surface area (Å²) in [6.45, 7) is 2.34. The predicted molar refractivity (Wildman–Crippen MR) is 173 cm³/mol. The summed E-state index contributed by atoms with van der Waals surface area (Å²) in [5.74, 6) is 3.23. The van der Waals surface area contributed by atoms with Gasteiger partial charge < -0.3 is 9.47 Å². The van der Waals surface area contributed by atoms with Crippen molar-refractivity contribution in [3.8, 4) is 0 Å². The summed E-state index contributed by atoms with van der Waals surface area (Å²) in [7, 11) is 0. The Morgan fingerprint density at radius 3 is 1.56 bits per heavy atom. The number of carbonyl (C=O) groups excluding carboxylic acids is 4. The van der Waals surface area contributed by atoms with Gasteiger partial charge in [-0.15, -0.1) is 0 Å². The lowest BCUT2D eigenvalue weighted by Gasteiger charge is -2.09. The Kier molecular flexibility index (Phi) is 17.0. The molecule has 14 heteroatoms. The summed E-state index contributed by atoms with van der Waals surface area (Å²) >= 11 is 5.22. The highest BCUT2D eigenvalue weighted by Gasteiger charge is 2.30. The molecule has 0 spiro atoms. The fourth-order valence-electron chi connectivity index (χ4n) is 3.44. The number of benzene rings is 4. The number of hydrogen-bond acceptors (Lipinski definition) is 7. The van der Waals surface area contributed by atoms with Gasteiger partial charge in [-0.25, -0.2) is 5.84 Å². The van der Waals surface area contributed by atoms with Gasteiger partial charge in [-0.05, 0) is 66.0 Å². The van der Waals surface area contributed by atoms with Crippen LogP contribution in [0.15, 0.2) is 109 Å². The molecular formula is C34H34ClF3N4O6. The molecule has 4 aromatic carbocycles. The van der Waals surface area contributed by atoms with Crippen LogP contribution in [-0.2, 0) is 38.5 Å². The lowest BCUT2D eigenvalue weighted by molar-refractivity contribution is -0.137. The van der Waals surface area contributed by atoms with Crippen molar-refractivity contribution >= 4 is 34.6 Å². The lowest BCUT2D eigenvalue weighted by atomic mass is 10.1. The van der Waals surface area contributed by atoms with Crippen LogP contribution in [0.5, 0.6) is 0 Å². The third-order valence-electron chi connectivity index (χ3n) is 5.92. The Labute approximate surface area is 280 Å². The smallest absolute Gasteiger partial charge is 0.367 e. The van der Waals surface area contributed by atoms with Crippen LogP contribution in [0, 0.1) is 6.92 Å². The highest BCUT2D eigenvalue weighted by atomic mass is 35.5. The Bertz CT molecular complexity index is 1580. The predicted octanol–water partition coefficient (Wildman–Crippen LogP) is 5.25. The average Bonchev–Trinajstić information content (AvgIpc) is 3.08. The van der Waals surface area contributed by atoms with Gasteiger partial charge in [0.2, 0.25) is 0 Å². The second-order valence-electron chi connectivity index (χ2n) is 9.74. The molecule has 254 valence electrons. The van der Waals surface area contributed by atoms with E-state index < -0.39 is 28.8 Å². The SMILES string of the molecule is Cc1ccc(C(=O)Cl)cc1.NNC(=O)COCc1ccccc1.O=C(COCc1ccccc1)NNC(=O)c1ccc(C(F)(F)F)cc1. The van der Waals surface area contributed by atoms with E-state index in [9.17, 15) is 32.3 Å². The average molecular weight is 687 g/mol. The number of hydrazine groups is 2. The molecule has 0 aliphatic heterocycles. The second kappa shape index (κ2) is 20.9. The Morgan fingerprint density at radius 2 is 1.12 bits per heavy atom. The zero-order valence-electron chi connectivity index (χ0n) is 25.8. The van der Waals surface area contributed by atoms with Gasteiger partial charge in [-0.3, -0.25) is 35.5 Å². The zero-order chi connectivity index (χ0) is 35.4. The van der Waals surface area contributed by atoms with Crippen LogP contribution in [0.2, 0.25) is 0 Å². The quantitative estimate of drug-likeness (QED) is 0.0771. The maximum absolute atomic E-state index is 12.4. The molecule has 0 saturated carbocycles. The van der Waals surface area contributed by atoms with Gasteiger partial charge in [-0.1, -0.05) is 78.4 Å². The highest BCUT2D eigenvalue weighted by molar-refractivity contribution is 6.67. The van der Waals surface area contributed by atoms with Gasteiger partial charge in [0.15, 0.2) is 0 Å². The van der Waals surface area contributed by atoms with Gasteiger partial charge in [0.25, 0.3) is 23.0 Å². The molecule has 0 heterocycles. The molecule has 0 unspecified atom stereocenters. The largest absolute Gasteiger partial charge is 0.416 e. The summed E-state index contributed by atoms with van der Waals surface area (Å²) in [6, 6.07) is 29.6. The fraction of sp³-hybridized carbons (Fsp3) is 0.176. The molecule has 0 aliphatic rings. The van der Waals surface area contributed by atoms with Crippen molar-refractivity contribution in [3.05, 3.63) is 143 Å². The van der Waals surface area contributed by atoms with Crippen LogP contribution in [-0.4, -0.2) is 36.2 Å². The third-order valence-corrected chi connectivity index (χ3v) is 6.14. The number of carbonyl (C=O) groups is 4. The summed E-state index contributed by atoms with van der Waals surface area (Å²) in [5.41, 5.74) is 8.95. The molecule has 48 heavy (non-hydrogen) atoms. The van der Waals surface area contributed by atoms with E-state index in [4.69, 9.17) is 26.9 Å². The summed E-state index contributed by atoms with van der Waals surface area (Å²) in [6.07, 6.45) is -4.47. The molecule has 0 bridgehead atoms. The molecule has 3 amide bonds. The van der Waals surface area contributed by atoms with Crippen molar-refractivity contribution in [1.29, 1.82) is 0 Å². The molecule has 5 N–H and O–H groups in total. The summed E-state index contributed by atoms with van der Waals surface area (Å²) in [4.78, 5) is 44.5. The molecule has 10 nitrogen and oxygen atoms in total. The Morgan fingerprint density at radius 1 is 0.667 bits per heavy atom. The van der Waals surface area contributed by atoms with Crippen molar-refractivity contribution in [2.45, 2.75) is 26.3 Å². The van der Waals surface area contributed by atoms with E-state index in [-0.39, 0.29) is 31.3 Å². The minimum Gasteiger partial charge on any atom is -0.367 e. The molecule has 0 radical (unpaired) electrons. The standard InChI is InChI=1S/C17H15F3N2O3.C9H12N2O2.C8H7ClO/c18-17(19,20)14-8-6-13(7-9-14)16(24)22-21-15(23)11-25-10-12-4-2-1-3-5-12;10-11-9(12)7-13-6-8-4-2-1-3-5-8;1-6-2-4-7(5-3-6)8(9)10/h1-9H,10-11H2,(H,21,23)(H,22,24);1-5H,6-7,10H2,(H,11,12);2-5H,1H3. The Hall–Kier alpha value is -5.08. The highest BCUT2D eigenvalue weighted by Crippen LogP contribution is 2.29. The van der Waals surface area contributed by atoms with Gasteiger partial charge in [0.05, 0.1) is 18.8 Å². The first-order valence-electron chi connectivity index (χ1n) is 14.1. The van der Waals surface area contributed by atoms with Crippen LogP contribution in [0.4, 0.5) is 13.2 Å². The van der Waals surface area contributed by atoms with E-state index in [1.807, 2.05) is 85.1 Å². The number of hydrogen-bond donors (Lipinski definition) is 4. The summed E-state index contributed by atoms with van der Waals surface area (Å²) in [5, 5.41) is -0.403. The molecule has 0 saturated heterocycles. The van der Waals surface area contributed by atoms with E-state index in [0.29, 0.717) is 12.2 Å². The number of nitrogens with one attached hydrogen (secondary N) is 3. The van der Waals surface area contributed by atoms with Gasteiger partial charge in [0.1, 0.15) is 13.2 Å². The van der Waals surface area contributed by atoms with Crippen molar-refractivity contribution in [2.75, 3.05) is 13.2 Å². The number of alkyl halides is 3. The molecule has 0 atom stereocenters. The van der Waals surface area contributed by atoms with E-state index in [1.54, 1.807) is 12.1 Å². The molecule has 0 aliphatic carbocycles. The van der Waals surface area contributed by atoms with E-state index >= 15 is 0 Å². The topological polar surface area (TPSA) is 149 Å². The monoisotopic (exact) mass is 686 g/mol. The molecule has 0 aromatic heterocycles. The molecule has 4 aromatic rings. The van der Waals surface area contributed by atoms with Gasteiger partial charge >= 0.3 is 6.18 Å². The van der Waals surface area contributed by atoms with Gasteiger partial charge in [-0.2, -0.15) is 13.2 Å². The number of rotatable bonds is 10. The van der Waals surface area contributed by atoms with Crippen LogP contribution in [0.25, 0.3) is 0 Å². The first kappa shape index (κ1) is 39.1. The maximum atomic E-state index is 12.4. The Balaban J connectivity index is 0.000000288. The first-order chi connectivity index (χ1) is 22.9. The van der Waals surface area contributed by atoms with Crippen LogP contribution < -0.4 is 22.1 Å². The number of amides is 3. The van der Waals surface area contributed by atoms with E-state index in [1.165, 1.54) is 0 Å². The van der Waals surface area contributed by atoms with Crippen LogP contribution in [0.3, 0.4) is 0 Å². The van der Waals surface area contributed by atoms with Crippen molar-refractivity contribution < 1.29 is 41.8 Å². The second-order valence-corrected chi connectivity index (χ2v) is 10.1. The fourth-order valence-corrected chi connectivity index (χ4v) is 3.57. The van der Waals surface area contributed by atoms with E-state index in [0.717, 1.165) is 41.0 Å². The van der Waals surface area contributed by atoms with Crippen LogP contribution in [0.1, 0.15) is 43.0 Å². The minimum absolute atomic E-state index is 0.00854. The third kappa shape index (κ3) is 16.0. The maximum Gasteiger partial charge on any atom is 0.416 e. The van der Waals surface area contributed by atoms with Gasteiger partial charge in [0, 0.05) is 11.1 Å². The normalized spacial score (nSPS) is 10.3. The van der Waals surface area contributed by atoms with Crippen LogP contribution >= 0.6 is 11.6 Å². The van der Waals surface area contributed by atoms with E-state index in [2.05, 4.69) is 10.9 Å². The molecular weight excluding hydrogens is 653 g/mol. The van der Waals surface area contributed by atoms with Crippen molar-refractivity contribution in [2.24, 2.45) is 5.84 Å². The first-order valence-corrected chi connectivity index (χ1v) is 14.5. The van der Waals surface area contributed by atoms with Crippen molar-refractivity contribution in [3.63, 3.8) is 0 Å². The summed E-state index contributed by atoms with van der Waals surface area (Å²) < 4.78 is 47.6. The number of ether oxygens (including phenoxy) is 2. The zero-order valence-corrected chi connectivity index (χ0v) is 26.5. The molecule has 4 rings (SSSR count). The molecule has 0 fully saturated rings. The van der Waals surface area contributed by atoms with Crippen molar-refractivity contribution in [1.82, 2.24) is 16.3 Å². The lowest BCUT2D eigenvalue weighted by Crippen LogP contribution is -2.43. The number of nitrogens with two attached hydrogens (primary N) is 1.